The van der Waals surface area contributed by atoms with Crippen LogP contribution in [0, 0.1) is 0 Å². The van der Waals surface area contributed by atoms with Gasteiger partial charge >= 0.3 is 5.97 Å². The highest BCUT2D eigenvalue weighted by atomic mass is 16.5. The van der Waals surface area contributed by atoms with Gasteiger partial charge in [-0.2, -0.15) is 0 Å². The third-order valence-corrected chi connectivity index (χ3v) is 5.47. The third kappa shape index (κ3) is 11.7. The lowest BCUT2D eigenvalue weighted by atomic mass is 10.1. The van der Waals surface area contributed by atoms with Crippen LogP contribution in [-0.4, -0.2) is 41.3 Å². The van der Waals surface area contributed by atoms with Crippen molar-refractivity contribution in [3.05, 3.63) is 77.9 Å². The van der Waals surface area contributed by atoms with Crippen molar-refractivity contribution < 1.29 is 24.5 Å². The lowest BCUT2D eigenvalue weighted by Gasteiger charge is -2.16. The molecule has 6 heteroatoms. The molecule has 0 fully saturated rings. The van der Waals surface area contributed by atoms with E-state index in [9.17, 15) is 19.8 Å². The number of hydrogen-bond donors (Lipinski definition) is 3. The number of carbonyl (C=O) groups is 2. The van der Waals surface area contributed by atoms with Gasteiger partial charge in [-0.05, 0) is 61.9 Å². The number of hydrogen-bond acceptors (Lipinski definition) is 5. The van der Waals surface area contributed by atoms with Crippen LogP contribution in [0.3, 0.4) is 0 Å². The van der Waals surface area contributed by atoms with Crippen LogP contribution in [-0.2, 0) is 16.0 Å². The lowest BCUT2D eigenvalue weighted by molar-refractivity contribution is -0.122. The number of aliphatic hydroxyl groups excluding tert-OH is 1. The molecule has 1 amide bonds. The first kappa shape index (κ1) is 27.1. The van der Waals surface area contributed by atoms with Gasteiger partial charge in [0.1, 0.15) is 5.75 Å². The third-order valence-electron chi connectivity index (χ3n) is 5.47. The van der Waals surface area contributed by atoms with Crippen molar-refractivity contribution in [1.29, 1.82) is 0 Å². The average molecular weight is 468 g/mol. The summed E-state index contributed by atoms with van der Waals surface area (Å²) < 4.78 is 5.24. The Bertz CT molecular complexity index is 864. The highest BCUT2D eigenvalue weighted by molar-refractivity contribution is 5.89. The van der Waals surface area contributed by atoms with Gasteiger partial charge in [0.15, 0.2) is 0 Å². The van der Waals surface area contributed by atoms with Gasteiger partial charge in [0.2, 0.25) is 5.91 Å². The first-order valence-electron chi connectivity index (χ1n) is 12.1. The fourth-order valence-corrected chi connectivity index (χ4v) is 3.57. The zero-order valence-electron chi connectivity index (χ0n) is 19.8. The van der Waals surface area contributed by atoms with Gasteiger partial charge in [0.25, 0.3) is 0 Å². The molecular weight excluding hydrogens is 430 g/mol. The zero-order valence-corrected chi connectivity index (χ0v) is 19.8. The summed E-state index contributed by atoms with van der Waals surface area (Å²) >= 11 is 0. The average Bonchev–Trinajstić information content (AvgIpc) is 2.86. The highest BCUT2D eigenvalue weighted by Gasteiger charge is 2.12. The summed E-state index contributed by atoms with van der Waals surface area (Å²) in [7, 11) is 0. The lowest BCUT2D eigenvalue weighted by Crippen LogP contribution is -2.38. The van der Waals surface area contributed by atoms with Crippen LogP contribution in [0.5, 0.6) is 5.75 Å². The Morgan fingerprint density at radius 1 is 0.882 bits per heavy atom. The molecule has 0 heterocycles. The van der Waals surface area contributed by atoms with Crippen LogP contribution in [0.4, 0.5) is 0 Å². The van der Waals surface area contributed by atoms with Crippen LogP contribution in [0.2, 0.25) is 0 Å². The van der Waals surface area contributed by atoms with E-state index in [1.165, 1.54) is 0 Å². The molecule has 6 nitrogen and oxygen atoms in total. The number of allylic oxidation sites excluding steroid dienone is 1. The summed E-state index contributed by atoms with van der Waals surface area (Å²) in [4.78, 5) is 23.9. The normalized spacial score (nSPS) is 11.9. The van der Waals surface area contributed by atoms with E-state index in [0.717, 1.165) is 50.5 Å². The Balaban J connectivity index is 1.43. The fourth-order valence-electron chi connectivity index (χ4n) is 3.57. The number of benzene rings is 2. The molecule has 1 atom stereocenters. The van der Waals surface area contributed by atoms with E-state index in [1.807, 2.05) is 18.2 Å². The van der Waals surface area contributed by atoms with Gasteiger partial charge < -0.3 is 20.3 Å². The summed E-state index contributed by atoms with van der Waals surface area (Å²) in [5.41, 5.74) is 1.53. The second kappa shape index (κ2) is 16.5. The Kier molecular flexibility index (Phi) is 13.2. The van der Waals surface area contributed by atoms with Crippen molar-refractivity contribution >= 4 is 11.9 Å². The number of esters is 1. The molecule has 0 saturated carbocycles. The monoisotopic (exact) mass is 467 g/mol. The molecule has 0 bridgehead atoms. The molecule has 0 aliphatic heterocycles. The minimum absolute atomic E-state index is 0.0336. The number of phenolic OH excluding ortho intramolecular Hbond substituents is 1. The second-order valence-electron chi connectivity index (χ2n) is 8.39. The van der Waals surface area contributed by atoms with Crippen LogP contribution in [0.25, 0.3) is 0 Å². The summed E-state index contributed by atoms with van der Waals surface area (Å²) in [6.45, 7) is 0.272. The molecule has 184 valence electrons. The first-order chi connectivity index (χ1) is 16.6. The highest BCUT2D eigenvalue weighted by Crippen LogP contribution is 2.12. The van der Waals surface area contributed by atoms with Gasteiger partial charge in [-0.15, -0.1) is 0 Å². The van der Waals surface area contributed by atoms with Crippen molar-refractivity contribution in [2.24, 2.45) is 0 Å². The van der Waals surface area contributed by atoms with Crippen LogP contribution < -0.4 is 5.32 Å². The fraction of sp³-hybridized carbons (Fsp3) is 0.429. The summed E-state index contributed by atoms with van der Waals surface area (Å²) in [6, 6.07) is 15.5. The van der Waals surface area contributed by atoms with Gasteiger partial charge in [0, 0.05) is 6.42 Å². The van der Waals surface area contributed by atoms with E-state index in [1.54, 1.807) is 36.4 Å². The number of carbonyl (C=O) groups excluding carboxylic acids is 2. The van der Waals surface area contributed by atoms with Gasteiger partial charge in [-0.25, -0.2) is 4.79 Å². The second-order valence-corrected chi connectivity index (χ2v) is 8.39. The predicted octanol–water partition coefficient (Wildman–Crippen LogP) is 4.95. The number of phenols is 1. The van der Waals surface area contributed by atoms with Crippen molar-refractivity contribution in [3.8, 4) is 5.75 Å². The standard InChI is InChI=1S/C28H37NO5/c30-22-25(21-23-16-18-26(31)19-17-23)29-27(32)15-11-6-4-2-1-3-5-7-12-20-34-28(33)24-13-9-8-10-14-24/h5,7-10,13-14,16-19,25,30-31H,1-4,6,11-12,15,20-22H2,(H,29,32)/b7-5-/t25-/m0/s1. The number of rotatable bonds is 16. The largest absolute Gasteiger partial charge is 0.508 e. The summed E-state index contributed by atoms with van der Waals surface area (Å²) in [5.74, 6) is -0.119. The molecule has 0 aliphatic rings. The topological polar surface area (TPSA) is 95.9 Å². The molecular formula is C28H37NO5. The molecule has 3 N–H and O–H groups in total. The smallest absolute Gasteiger partial charge is 0.338 e. The quantitative estimate of drug-likeness (QED) is 0.184. The number of ether oxygens (including phenoxy) is 1. The van der Waals surface area contributed by atoms with Crippen molar-refractivity contribution in [3.63, 3.8) is 0 Å². The number of unbranched alkanes of at least 4 members (excludes halogenated alkanes) is 5. The summed E-state index contributed by atoms with van der Waals surface area (Å²) in [5, 5.41) is 21.8. The van der Waals surface area contributed by atoms with E-state index in [0.29, 0.717) is 25.0 Å². The number of aromatic hydroxyl groups is 1. The SMILES string of the molecule is O=C(CCCCCCC/C=C\CCOC(=O)c1ccccc1)N[C@H](CO)Cc1ccc(O)cc1. The van der Waals surface area contributed by atoms with Crippen molar-refractivity contribution in [2.75, 3.05) is 13.2 Å². The minimum atomic E-state index is -0.314. The van der Waals surface area contributed by atoms with E-state index >= 15 is 0 Å². The maximum absolute atomic E-state index is 12.1. The van der Waals surface area contributed by atoms with E-state index in [2.05, 4.69) is 17.5 Å². The minimum Gasteiger partial charge on any atom is -0.508 e. The van der Waals surface area contributed by atoms with Crippen molar-refractivity contribution in [1.82, 2.24) is 5.32 Å². The molecule has 2 rings (SSSR count). The van der Waals surface area contributed by atoms with E-state index in [4.69, 9.17) is 4.74 Å². The molecule has 0 aliphatic carbocycles. The van der Waals surface area contributed by atoms with Crippen LogP contribution in [0.1, 0.15) is 67.3 Å². The van der Waals surface area contributed by atoms with E-state index < -0.39 is 0 Å². The molecule has 0 spiro atoms. The number of aliphatic hydroxyl groups is 1. The molecule has 0 aromatic heterocycles. The Morgan fingerprint density at radius 3 is 2.29 bits per heavy atom. The molecule has 0 unspecified atom stereocenters. The first-order valence-corrected chi connectivity index (χ1v) is 12.1. The summed E-state index contributed by atoms with van der Waals surface area (Å²) in [6.07, 6.45) is 12.1. The molecule has 2 aromatic rings. The van der Waals surface area contributed by atoms with Gasteiger partial charge in [0.05, 0.1) is 24.8 Å². The Morgan fingerprint density at radius 2 is 1.56 bits per heavy atom. The Labute approximate surface area is 202 Å². The number of nitrogens with one attached hydrogen (secondary N) is 1. The molecule has 2 aromatic carbocycles. The van der Waals surface area contributed by atoms with Crippen LogP contribution >= 0.6 is 0 Å². The maximum Gasteiger partial charge on any atom is 0.338 e. The Hall–Kier alpha value is -3.12. The number of amides is 1. The van der Waals surface area contributed by atoms with Crippen LogP contribution in [0.15, 0.2) is 66.7 Å². The predicted molar refractivity (Wildman–Crippen MR) is 134 cm³/mol. The molecule has 0 saturated heterocycles. The van der Waals surface area contributed by atoms with Gasteiger partial charge in [-0.1, -0.05) is 61.7 Å². The van der Waals surface area contributed by atoms with Gasteiger partial charge in [-0.3, -0.25) is 4.79 Å². The molecule has 34 heavy (non-hydrogen) atoms. The van der Waals surface area contributed by atoms with E-state index in [-0.39, 0.29) is 30.3 Å². The maximum atomic E-state index is 12.1. The zero-order chi connectivity index (χ0) is 24.4. The van der Waals surface area contributed by atoms with Crippen molar-refractivity contribution in [2.45, 2.75) is 63.8 Å². The molecule has 0 radical (unpaired) electrons.